The molecule has 0 radical (unpaired) electrons. The first-order valence-electron chi connectivity index (χ1n) is 4.56. The maximum atomic E-state index is 13.5. The zero-order valence-electron chi connectivity index (χ0n) is 8.79. The summed E-state index contributed by atoms with van der Waals surface area (Å²) in [7, 11) is 0. The highest BCUT2D eigenvalue weighted by atomic mass is 19.1. The normalized spacial score (nSPS) is 17.3. The van der Waals surface area contributed by atoms with E-state index in [4.69, 9.17) is 0 Å². The lowest BCUT2D eigenvalue weighted by Gasteiger charge is -2.30. The van der Waals surface area contributed by atoms with Crippen LogP contribution in [0.15, 0.2) is 12.7 Å². The van der Waals surface area contributed by atoms with Gasteiger partial charge in [0.15, 0.2) is 0 Å². The van der Waals surface area contributed by atoms with E-state index in [0.717, 1.165) is 6.08 Å². The van der Waals surface area contributed by atoms with Crippen molar-refractivity contribution >= 4 is 5.97 Å². The second kappa shape index (κ2) is 5.10. The quantitative estimate of drug-likeness (QED) is 0.544. The van der Waals surface area contributed by atoms with Gasteiger partial charge < -0.3 is 9.84 Å². The van der Waals surface area contributed by atoms with Crippen molar-refractivity contribution in [2.24, 2.45) is 5.92 Å². The van der Waals surface area contributed by atoms with Gasteiger partial charge in [-0.25, -0.2) is 9.18 Å². The molecule has 0 aromatic heterocycles. The summed E-state index contributed by atoms with van der Waals surface area (Å²) in [4.78, 5) is 11.0. The largest absolute Gasteiger partial charge is 0.464 e. The van der Waals surface area contributed by atoms with Gasteiger partial charge in [0.25, 0.3) is 0 Å². The van der Waals surface area contributed by atoms with Crippen LogP contribution < -0.4 is 0 Å². The molecule has 0 spiro atoms. The van der Waals surface area contributed by atoms with Crippen molar-refractivity contribution in [1.29, 1.82) is 0 Å². The number of alkyl halides is 1. The molecule has 0 rings (SSSR count). The van der Waals surface area contributed by atoms with Crippen LogP contribution in [-0.2, 0) is 9.53 Å². The summed E-state index contributed by atoms with van der Waals surface area (Å²) in [5.74, 6) is -1.50. The number of halogens is 1. The second-order valence-electron chi connectivity index (χ2n) is 3.36. The summed E-state index contributed by atoms with van der Waals surface area (Å²) >= 11 is 0. The van der Waals surface area contributed by atoms with Gasteiger partial charge in [0.2, 0.25) is 6.17 Å². The molecule has 82 valence electrons. The summed E-state index contributed by atoms with van der Waals surface area (Å²) in [5, 5.41) is 9.77. The highest BCUT2D eigenvalue weighted by Crippen LogP contribution is 2.25. The summed E-state index contributed by atoms with van der Waals surface area (Å²) < 4.78 is 18.0. The van der Waals surface area contributed by atoms with Crippen LogP contribution in [-0.4, -0.2) is 29.5 Å². The molecule has 0 aromatic carbocycles. The fourth-order valence-electron chi connectivity index (χ4n) is 1.04. The Morgan fingerprint density at radius 1 is 1.71 bits per heavy atom. The van der Waals surface area contributed by atoms with Crippen LogP contribution in [0.1, 0.15) is 20.8 Å². The Morgan fingerprint density at radius 3 is 2.50 bits per heavy atom. The fourth-order valence-corrected chi connectivity index (χ4v) is 1.04. The van der Waals surface area contributed by atoms with Gasteiger partial charge in [0.05, 0.1) is 6.61 Å². The molecule has 1 N–H and O–H groups in total. The number of rotatable bonds is 5. The molecule has 2 atom stereocenters. The molecule has 0 aromatic rings. The van der Waals surface area contributed by atoms with Crippen molar-refractivity contribution in [3.63, 3.8) is 0 Å². The van der Waals surface area contributed by atoms with Crippen molar-refractivity contribution in [2.45, 2.75) is 32.5 Å². The van der Waals surface area contributed by atoms with E-state index in [9.17, 15) is 14.3 Å². The lowest BCUT2D eigenvalue weighted by Crippen LogP contribution is -2.47. The molecule has 0 bridgehead atoms. The van der Waals surface area contributed by atoms with E-state index in [2.05, 4.69) is 11.3 Å². The van der Waals surface area contributed by atoms with E-state index in [1.54, 1.807) is 20.8 Å². The van der Waals surface area contributed by atoms with Crippen molar-refractivity contribution in [3.05, 3.63) is 12.7 Å². The van der Waals surface area contributed by atoms with E-state index in [1.807, 2.05) is 0 Å². The minimum absolute atomic E-state index is 0.0879. The third-order valence-corrected chi connectivity index (χ3v) is 2.15. The van der Waals surface area contributed by atoms with E-state index >= 15 is 0 Å². The molecular formula is C10H17FO3. The molecule has 0 aliphatic heterocycles. The van der Waals surface area contributed by atoms with Crippen LogP contribution >= 0.6 is 0 Å². The highest BCUT2D eigenvalue weighted by molar-refractivity contribution is 5.76. The van der Waals surface area contributed by atoms with Crippen LogP contribution in [0, 0.1) is 5.92 Å². The molecule has 0 fully saturated rings. The average Bonchev–Trinajstić information content (AvgIpc) is 2.15. The Morgan fingerprint density at radius 2 is 2.21 bits per heavy atom. The topological polar surface area (TPSA) is 46.5 Å². The number of esters is 1. The fraction of sp³-hybridized carbons (Fsp3) is 0.700. The van der Waals surface area contributed by atoms with Crippen LogP contribution in [0.25, 0.3) is 0 Å². The Hall–Kier alpha value is -0.900. The molecule has 0 aliphatic carbocycles. The van der Waals surface area contributed by atoms with Crippen LogP contribution in [0.3, 0.4) is 0 Å². The van der Waals surface area contributed by atoms with Gasteiger partial charge in [0, 0.05) is 0 Å². The molecule has 0 saturated heterocycles. The van der Waals surface area contributed by atoms with Gasteiger partial charge in [-0.1, -0.05) is 19.9 Å². The molecular weight excluding hydrogens is 187 g/mol. The minimum atomic E-state index is -2.08. The van der Waals surface area contributed by atoms with Gasteiger partial charge in [-0.15, -0.1) is 6.58 Å². The van der Waals surface area contributed by atoms with E-state index in [0.29, 0.717) is 0 Å². The third kappa shape index (κ3) is 2.54. The van der Waals surface area contributed by atoms with Gasteiger partial charge in [0.1, 0.15) is 5.60 Å². The molecule has 3 nitrogen and oxygen atoms in total. The predicted octanol–water partition coefficient (Wildman–Crippen LogP) is 1.46. The lowest BCUT2D eigenvalue weighted by atomic mass is 9.86. The van der Waals surface area contributed by atoms with Crippen molar-refractivity contribution in [2.75, 3.05) is 6.61 Å². The molecule has 0 saturated carbocycles. The first kappa shape index (κ1) is 13.1. The van der Waals surface area contributed by atoms with Gasteiger partial charge in [-0.2, -0.15) is 0 Å². The maximum absolute atomic E-state index is 13.5. The Kier molecular flexibility index (Phi) is 4.77. The molecule has 14 heavy (non-hydrogen) atoms. The van der Waals surface area contributed by atoms with E-state index in [-0.39, 0.29) is 6.61 Å². The van der Waals surface area contributed by atoms with Crippen molar-refractivity contribution in [1.82, 2.24) is 0 Å². The number of hydrogen-bond acceptors (Lipinski definition) is 3. The zero-order chi connectivity index (χ0) is 11.4. The van der Waals surface area contributed by atoms with Gasteiger partial charge in [-0.3, -0.25) is 0 Å². The Labute approximate surface area is 83.6 Å². The summed E-state index contributed by atoms with van der Waals surface area (Å²) in [6.07, 6.45) is -1.04. The summed E-state index contributed by atoms with van der Waals surface area (Å²) in [6.45, 7) is 8.19. The van der Waals surface area contributed by atoms with Crippen LogP contribution in [0.2, 0.25) is 0 Å². The van der Waals surface area contributed by atoms with E-state index in [1.165, 1.54) is 0 Å². The molecule has 0 heterocycles. The minimum Gasteiger partial charge on any atom is -0.464 e. The standard InChI is InChI=1S/C10H17FO3/c1-5-10(13,7(3)4)8(11)9(12)14-6-2/h5,7-8,13H,1,6H2,2-4H3. The number of aliphatic hydroxyl groups is 1. The molecule has 0 aliphatic rings. The zero-order valence-corrected chi connectivity index (χ0v) is 8.79. The van der Waals surface area contributed by atoms with Crippen LogP contribution in [0.4, 0.5) is 4.39 Å². The third-order valence-electron chi connectivity index (χ3n) is 2.15. The van der Waals surface area contributed by atoms with E-state index < -0.39 is 23.7 Å². The Bertz CT molecular complexity index is 215. The molecule has 2 unspecified atom stereocenters. The smallest absolute Gasteiger partial charge is 0.344 e. The number of carbonyl (C=O) groups excluding carboxylic acids is 1. The number of ether oxygens (including phenoxy) is 1. The first-order chi connectivity index (χ1) is 6.40. The number of hydrogen-bond donors (Lipinski definition) is 1. The predicted molar refractivity (Wildman–Crippen MR) is 51.5 cm³/mol. The second-order valence-corrected chi connectivity index (χ2v) is 3.36. The average molecular weight is 204 g/mol. The summed E-state index contributed by atoms with van der Waals surface area (Å²) in [5.41, 5.74) is -1.85. The molecule has 0 amide bonds. The number of carbonyl (C=O) groups is 1. The summed E-state index contributed by atoms with van der Waals surface area (Å²) in [6, 6.07) is 0. The van der Waals surface area contributed by atoms with Crippen LogP contribution in [0.5, 0.6) is 0 Å². The Balaban J connectivity index is 4.69. The lowest BCUT2D eigenvalue weighted by molar-refractivity contribution is -0.159. The molecule has 4 heteroatoms. The maximum Gasteiger partial charge on any atom is 0.344 e. The SMILES string of the molecule is C=CC(O)(C(C)C)C(F)C(=O)OCC. The first-order valence-corrected chi connectivity index (χ1v) is 4.56. The highest BCUT2D eigenvalue weighted by Gasteiger charge is 2.43. The van der Waals surface area contributed by atoms with Crippen molar-refractivity contribution < 1.29 is 19.0 Å². The van der Waals surface area contributed by atoms with Gasteiger partial charge in [-0.05, 0) is 12.8 Å². The van der Waals surface area contributed by atoms with Crippen molar-refractivity contribution in [3.8, 4) is 0 Å². The monoisotopic (exact) mass is 204 g/mol. The van der Waals surface area contributed by atoms with Gasteiger partial charge >= 0.3 is 5.97 Å².